The van der Waals surface area contributed by atoms with E-state index in [1.807, 2.05) is 13.1 Å². The first kappa shape index (κ1) is 13.6. The molecule has 1 atom stereocenters. The molecule has 0 aliphatic carbocycles. The Labute approximate surface area is 122 Å². The highest BCUT2D eigenvalue weighted by Crippen LogP contribution is 2.33. The fraction of sp³-hybridized carbons (Fsp3) is 0.538. The molecule has 0 spiro atoms. The minimum absolute atomic E-state index is 0.135. The summed E-state index contributed by atoms with van der Waals surface area (Å²) >= 11 is 0. The fourth-order valence-corrected chi connectivity index (χ4v) is 2.53. The van der Waals surface area contributed by atoms with E-state index in [2.05, 4.69) is 29.8 Å². The summed E-state index contributed by atoms with van der Waals surface area (Å²) in [5.74, 6) is 1.48. The van der Waals surface area contributed by atoms with Crippen molar-refractivity contribution in [1.29, 1.82) is 0 Å². The van der Waals surface area contributed by atoms with Gasteiger partial charge in [0.05, 0.1) is 20.3 Å². The third-order valence-electron chi connectivity index (χ3n) is 3.50. The molecule has 2 aromatic heterocycles. The number of anilines is 1. The van der Waals surface area contributed by atoms with E-state index in [1.165, 1.54) is 14.2 Å². The third-order valence-corrected chi connectivity index (χ3v) is 3.50. The largest absolute Gasteiger partial charge is 0.467 e. The molecule has 1 fully saturated rings. The molecule has 8 nitrogen and oxygen atoms in total. The molecule has 1 aliphatic rings. The van der Waals surface area contributed by atoms with Crippen molar-refractivity contribution in [3.63, 3.8) is 0 Å². The Morgan fingerprint density at radius 3 is 2.48 bits per heavy atom. The van der Waals surface area contributed by atoms with Crippen LogP contribution in [0.2, 0.25) is 0 Å². The maximum absolute atomic E-state index is 5.11. The van der Waals surface area contributed by atoms with Crippen LogP contribution in [0.3, 0.4) is 0 Å². The molecule has 0 amide bonds. The zero-order valence-electron chi connectivity index (χ0n) is 12.3. The maximum Gasteiger partial charge on any atom is 0.324 e. The van der Waals surface area contributed by atoms with Gasteiger partial charge in [0, 0.05) is 18.4 Å². The van der Waals surface area contributed by atoms with Crippen LogP contribution in [0.1, 0.15) is 30.4 Å². The van der Waals surface area contributed by atoms with E-state index >= 15 is 0 Å². The number of imidazole rings is 1. The highest BCUT2D eigenvalue weighted by atomic mass is 16.5. The second kappa shape index (κ2) is 5.55. The highest BCUT2D eigenvalue weighted by molar-refractivity contribution is 5.37. The Morgan fingerprint density at radius 2 is 1.90 bits per heavy atom. The zero-order chi connectivity index (χ0) is 14.8. The number of aryl methyl sites for hydroxylation is 1. The van der Waals surface area contributed by atoms with Crippen molar-refractivity contribution in [3.05, 3.63) is 17.7 Å². The highest BCUT2D eigenvalue weighted by Gasteiger charge is 2.31. The molecule has 0 bridgehead atoms. The number of aromatic nitrogens is 5. The molecule has 1 unspecified atom stereocenters. The molecule has 1 aliphatic heterocycles. The predicted molar refractivity (Wildman–Crippen MR) is 75.6 cm³/mol. The van der Waals surface area contributed by atoms with Crippen molar-refractivity contribution in [2.24, 2.45) is 0 Å². The summed E-state index contributed by atoms with van der Waals surface area (Å²) in [5, 5.41) is 0. The van der Waals surface area contributed by atoms with Crippen molar-refractivity contribution < 1.29 is 9.47 Å². The Hall–Kier alpha value is -2.38. The maximum atomic E-state index is 5.11. The number of hydrogen-bond acceptors (Lipinski definition) is 7. The standard InChI is InChI=1S/C13H18N6O2/c1-8-7-14-10(15-8)9-5-4-6-19(9)11-16-12(20-2)18-13(17-11)21-3/h7,9H,4-6H2,1-3H3,(H,14,15). The number of nitrogens with one attached hydrogen (secondary N) is 1. The Balaban J connectivity index is 1.94. The van der Waals surface area contributed by atoms with E-state index in [0.29, 0.717) is 5.95 Å². The predicted octanol–water partition coefficient (Wildman–Crippen LogP) is 1.26. The van der Waals surface area contributed by atoms with Crippen LogP contribution >= 0.6 is 0 Å². The van der Waals surface area contributed by atoms with Crippen molar-refractivity contribution >= 4 is 5.95 Å². The average molecular weight is 290 g/mol. The SMILES string of the molecule is COc1nc(OC)nc(N2CCCC2c2ncc(C)[nH]2)n1. The number of aromatic amines is 1. The van der Waals surface area contributed by atoms with Gasteiger partial charge >= 0.3 is 12.0 Å². The fourth-order valence-electron chi connectivity index (χ4n) is 2.53. The number of methoxy groups -OCH3 is 2. The Kier molecular flexibility index (Phi) is 3.59. The molecule has 8 heteroatoms. The summed E-state index contributed by atoms with van der Waals surface area (Å²) in [6.45, 7) is 2.85. The molecule has 2 aromatic rings. The van der Waals surface area contributed by atoms with Crippen molar-refractivity contribution in [2.45, 2.75) is 25.8 Å². The van der Waals surface area contributed by atoms with Gasteiger partial charge in [-0.1, -0.05) is 0 Å². The molecule has 21 heavy (non-hydrogen) atoms. The number of nitrogens with zero attached hydrogens (tertiary/aromatic N) is 5. The second-order valence-electron chi connectivity index (χ2n) is 4.91. The first-order valence-corrected chi connectivity index (χ1v) is 6.83. The molecule has 1 N–H and O–H groups in total. The van der Waals surface area contributed by atoms with Gasteiger partial charge in [0.25, 0.3) is 0 Å². The number of H-pyrrole nitrogens is 1. The summed E-state index contributed by atoms with van der Waals surface area (Å²) in [6, 6.07) is 0.631. The van der Waals surface area contributed by atoms with E-state index in [9.17, 15) is 0 Å². The summed E-state index contributed by atoms with van der Waals surface area (Å²) in [6.07, 6.45) is 3.89. The number of rotatable bonds is 4. The van der Waals surface area contributed by atoms with Crippen LogP contribution in [0.4, 0.5) is 5.95 Å². The lowest BCUT2D eigenvalue weighted by Crippen LogP contribution is -2.26. The molecular weight excluding hydrogens is 272 g/mol. The van der Waals surface area contributed by atoms with Crippen molar-refractivity contribution in [1.82, 2.24) is 24.9 Å². The quantitative estimate of drug-likeness (QED) is 0.906. The van der Waals surface area contributed by atoms with E-state index in [1.54, 1.807) is 0 Å². The molecule has 1 saturated heterocycles. The normalized spacial score (nSPS) is 18.0. The summed E-state index contributed by atoms with van der Waals surface area (Å²) in [7, 11) is 3.05. The van der Waals surface area contributed by atoms with Crippen LogP contribution in [0.25, 0.3) is 0 Å². The Bertz CT molecular complexity index is 607. The molecule has 112 valence electrons. The third kappa shape index (κ3) is 2.61. The Morgan fingerprint density at radius 1 is 1.19 bits per heavy atom. The second-order valence-corrected chi connectivity index (χ2v) is 4.91. The first-order chi connectivity index (χ1) is 10.2. The lowest BCUT2D eigenvalue weighted by atomic mass is 10.2. The van der Waals surface area contributed by atoms with Gasteiger partial charge in [-0.25, -0.2) is 4.98 Å². The van der Waals surface area contributed by atoms with E-state index in [4.69, 9.17) is 9.47 Å². The van der Waals surface area contributed by atoms with Crippen LogP contribution < -0.4 is 14.4 Å². The van der Waals surface area contributed by atoms with Gasteiger partial charge < -0.3 is 19.4 Å². The van der Waals surface area contributed by atoms with Gasteiger partial charge in [-0.3, -0.25) is 0 Å². The van der Waals surface area contributed by atoms with E-state index in [-0.39, 0.29) is 18.1 Å². The number of hydrogen-bond donors (Lipinski definition) is 1. The smallest absolute Gasteiger partial charge is 0.324 e. The van der Waals surface area contributed by atoms with Gasteiger partial charge in [-0.05, 0) is 19.8 Å². The van der Waals surface area contributed by atoms with Crippen LogP contribution in [0.15, 0.2) is 6.20 Å². The van der Waals surface area contributed by atoms with E-state index in [0.717, 1.165) is 30.9 Å². The van der Waals surface area contributed by atoms with Crippen LogP contribution in [-0.4, -0.2) is 45.7 Å². The van der Waals surface area contributed by atoms with E-state index < -0.39 is 0 Å². The summed E-state index contributed by atoms with van der Waals surface area (Å²) < 4.78 is 10.2. The van der Waals surface area contributed by atoms with Gasteiger partial charge in [-0.15, -0.1) is 4.98 Å². The molecule has 0 aromatic carbocycles. The van der Waals surface area contributed by atoms with Gasteiger partial charge in [-0.2, -0.15) is 9.97 Å². The molecular formula is C13H18N6O2. The van der Waals surface area contributed by atoms with Gasteiger partial charge in [0.2, 0.25) is 5.95 Å². The van der Waals surface area contributed by atoms with Gasteiger partial charge in [0.1, 0.15) is 5.82 Å². The summed E-state index contributed by atoms with van der Waals surface area (Å²) in [5.41, 5.74) is 1.04. The van der Waals surface area contributed by atoms with Crippen molar-refractivity contribution in [2.75, 3.05) is 25.7 Å². The lowest BCUT2D eigenvalue weighted by Gasteiger charge is -2.23. The topological polar surface area (TPSA) is 89.0 Å². The molecule has 3 heterocycles. The van der Waals surface area contributed by atoms with Crippen LogP contribution in [-0.2, 0) is 0 Å². The average Bonchev–Trinajstić information content (AvgIpc) is 3.14. The van der Waals surface area contributed by atoms with Gasteiger partial charge in [0.15, 0.2) is 0 Å². The molecule has 3 rings (SSSR count). The summed E-state index contributed by atoms with van der Waals surface area (Å²) in [4.78, 5) is 22.5. The zero-order valence-corrected chi connectivity index (χ0v) is 12.3. The first-order valence-electron chi connectivity index (χ1n) is 6.83. The molecule has 0 saturated carbocycles. The van der Waals surface area contributed by atoms with Crippen LogP contribution in [0.5, 0.6) is 12.0 Å². The van der Waals surface area contributed by atoms with Crippen molar-refractivity contribution in [3.8, 4) is 12.0 Å². The monoisotopic (exact) mass is 290 g/mol. The lowest BCUT2D eigenvalue weighted by molar-refractivity contribution is 0.339. The minimum Gasteiger partial charge on any atom is -0.467 e. The van der Waals surface area contributed by atoms with Crippen LogP contribution in [0, 0.1) is 6.92 Å². The minimum atomic E-state index is 0.135. The number of ether oxygens (including phenoxy) is 2. The molecule has 0 radical (unpaired) electrons.